The lowest BCUT2D eigenvalue weighted by Crippen LogP contribution is -2.67. The largest absolute Gasteiger partial charge is 0.387 e. The van der Waals surface area contributed by atoms with Crippen LogP contribution in [0.15, 0.2) is 98.6 Å². The normalized spacial score (nSPS) is 26.2. The molecule has 6 heteroatoms. The van der Waals surface area contributed by atoms with Crippen LogP contribution in [-0.2, 0) is 36.9 Å². The molecule has 6 atom stereocenters. The van der Waals surface area contributed by atoms with Crippen molar-refractivity contribution >= 4 is 0 Å². The first kappa shape index (κ1) is 27.0. The van der Waals surface area contributed by atoms with E-state index in [1.807, 2.05) is 60.7 Å². The van der Waals surface area contributed by atoms with Crippen LogP contribution in [0.4, 0.5) is 0 Å². The van der Waals surface area contributed by atoms with E-state index in [0.717, 1.165) is 11.1 Å². The van der Waals surface area contributed by atoms with Crippen LogP contribution < -0.4 is 0 Å². The summed E-state index contributed by atoms with van der Waals surface area (Å²) in [6.45, 7) is 12.7. The van der Waals surface area contributed by atoms with Gasteiger partial charge >= 0.3 is 0 Å². The van der Waals surface area contributed by atoms with Crippen molar-refractivity contribution in [2.24, 2.45) is 0 Å². The summed E-state index contributed by atoms with van der Waals surface area (Å²) in [5, 5.41) is 11.4. The van der Waals surface area contributed by atoms with Crippen molar-refractivity contribution in [1.29, 1.82) is 0 Å². The zero-order chi connectivity index (χ0) is 24.9. The van der Waals surface area contributed by atoms with Crippen LogP contribution in [-0.4, -0.2) is 61.6 Å². The van der Waals surface area contributed by atoms with Crippen LogP contribution in [0, 0.1) is 0 Å². The Morgan fingerprint density at radius 2 is 0.886 bits per heavy atom. The molecule has 0 unspecified atom stereocenters. The summed E-state index contributed by atoms with van der Waals surface area (Å²) < 4.78 is 31.0. The van der Waals surface area contributed by atoms with Crippen molar-refractivity contribution in [3.63, 3.8) is 0 Å². The summed E-state index contributed by atoms with van der Waals surface area (Å²) in [6, 6.07) is 19.7. The molecule has 0 aliphatic heterocycles. The van der Waals surface area contributed by atoms with Gasteiger partial charge in [-0.25, -0.2) is 0 Å². The smallest absolute Gasteiger partial charge is 0.116 e. The molecule has 0 bridgehead atoms. The van der Waals surface area contributed by atoms with E-state index in [9.17, 15) is 5.11 Å². The van der Waals surface area contributed by atoms with Crippen molar-refractivity contribution in [1.82, 2.24) is 0 Å². The van der Waals surface area contributed by atoms with Gasteiger partial charge in [-0.3, -0.25) is 0 Å². The fourth-order valence-electron chi connectivity index (χ4n) is 4.16. The van der Waals surface area contributed by atoms with Gasteiger partial charge in [0, 0.05) is 0 Å². The minimum atomic E-state index is -1.03. The average Bonchev–Trinajstić information content (AvgIpc) is 2.90. The first-order valence-corrected chi connectivity index (χ1v) is 11.9. The van der Waals surface area contributed by atoms with Gasteiger partial charge in [0.25, 0.3) is 0 Å². The highest BCUT2D eigenvalue weighted by Crippen LogP contribution is 2.33. The maximum atomic E-state index is 11.4. The molecule has 188 valence electrons. The summed E-state index contributed by atoms with van der Waals surface area (Å²) in [7, 11) is 0. The number of ether oxygens (including phenoxy) is 5. The molecule has 1 aliphatic carbocycles. The number of aliphatic hydroxyl groups excluding tert-OH is 1. The highest BCUT2D eigenvalue weighted by Gasteiger charge is 2.53. The quantitative estimate of drug-likeness (QED) is 0.385. The number of aliphatic hydroxyl groups is 1. The van der Waals surface area contributed by atoms with E-state index >= 15 is 0 Å². The molecule has 0 saturated heterocycles. The zero-order valence-electron chi connectivity index (χ0n) is 20.1. The minimum absolute atomic E-state index is 0.241. The molecule has 0 aromatic heterocycles. The predicted octanol–water partition coefficient (Wildman–Crippen LogP) is 4.25. The Labute approximate surface area is 208 Å². The maximum absolute atomic E-state index is 11.4. The van der Waals surface area contributed by atoms with Crippen molar-refractivity contribution < 1.29 is 28.8 Å². The lowest BCUT2D eigenvalue weighted by molar-refractivity contribution is -0.273. The van der Waals surface area contributed by atoms with E-state index < -0.39 is 36.6 Å². The van der Waals surface area contributed by atoms with E-state index in [1.165, 1.54) is 0 Å². The van der Waals surface area contributed by atoms with Gasteiger partial charge in [0.2, 0.25) is 0 Å². The van der Waals surface area contributed by atoms with Gasteiger partial charge in [0.05, 0.1) is 33.0 Å². The van der Waals surface area contributed by atoms with E-state index in [-0.39, 0.29) is 19.8 Å². The van der Waals surface area contributed by atoms with Crippen molar-refractivity contribution in [3.05, 3.63) is 110 Å². The lowest BCUT2D eigenvalue weighted by Gasteiger charge is -2.48. The summed E-state index contributed by atoms with van der Waals surface area (Å²) in [4.78, 5) is 0. The molecule has 0 heterocycles. The third-order valence-corrected chi connectivity index (χ3v) is 5.76. The molecule has 1 N–H and O–H groups in total. The summed E-state index contributed by atoms with van der Waals surface area (Å²) in [5.41, 5.74) is 2.01. The van der Waals surface area contributed by atoms with E-state index in [2.05, 4.69) is 19.7 Å². The second kappa shape index (κ2) is 14.7. The van der Waals surface area contributed by atoms with Gasteiger partial charge in [-0.15, -0.1) is 19.7 Å². The standard InChI is InChI=1S/C29H36O6/c1-4-17-31-25-24(30)26(32-18-5-2)28(34-20-22-13-9-7-10-14-22)29(27(25)33-19-6-3)35-21-23-15-11-8-12-16-23/h4-16,24-30H,1-3,17-21H2/t24-,25+,26-,27-,28-,29-/m0/s1. The molecule has 1 aliphatic rings. The van der Waals surface area contributed by atoms with Crippen molar-refractivity contribution in [3.8, 4) is 0 Å². The van der Waals surface area contributed by atoms with E-state index in [0.29, 0.717) is 13.2 Å². The number of hydrogen-bond donors (Lipinski definition) is 1. The molecule has 1 saturated carbocycles. The fourth-order valence-corrected chi connectivity index (χ4v) is 4.16. The van der Waals surface area contributed by atoms with E-state index in [4.69, 9.17) is 23.7 Å². The Morgan fingerprint density at radius 3 is 1.29 bits per heavy atom. The Bertz CT molecular complexity index is 887. The van der Waals surface area contributed by atoms with Crippen LogP contribution in [0.5, 0.6) is 0 Å². The average molecular weight is 481 g/mol. The van der Waals surface area contributed by atoms with Crippen LogP contribution in [0.2, 0.25) is 0 Å². The molecule has 2 aromatic rings. The molecule has 2 aromatic carbocycles. The molecule has 1 fully saturated rings. The summed E-state index contributed by atoms with van der Waals surface area (Å²) in [5.74, 6) is 0. The summed E-state index contributed by atoms with van der Waals surface area (Å²) in [6.07, 6.45) is 0.606. The van der Waals surface area contributed by atoms with Gasteiger partial charge in [0.1, 0.15) is 36.6 Å². The molecule has 3 rings (SSSR count). The maximum Gasteiger partial charge on any atom is 0.116 e. The summed E-state index contributed by atoms with van der Waals surface area (Å²) >= 11 is 0. The van der Waals surface area contributed by atoms with Crippen molar-refractivity contribution in [2.45, 2.75) is 49.8 Å². The molecule has 0 amide bonds. The van der Waals surface area contributed by atoms with Crippen LogP contribution in [0.3, 0.4) is 0 Å². The zero-order valence-corrected chi connectivity index (χ0v) is 20.1. The van der Waals surface area contributed by atoms with Gasteiger partial charge in [-0.2, -0.15) is 0 Å². The Kier molecular flexibility index (Phi) is 11.4. The first-order valence-electron chi connectivity index (χ1n) is 11.9. The lowest BCUT2D eigenvalue weighted by atomic mass is 9.83. The first-order chi connectivity index (χ1) is 17.2. The van der Waals surface area contributed by atoms with Gasteiger partial charge in [0.15, 0.2) is 0 Å². The molecule has 0 spiro atoms. The fraction of sp³-hybridized carbons (Fsp3) is 0.379. The number of rotatable bonds is 15. The monoisotopic (exact) mass is 480 g/mol. The van der Waals surface area contributed by atoms with Crippen LogP contribution >= 0.6 is 0 Å². The van der Waals surface area contributed by atoms with Crippen molar-refractivity contribution in [2.75, 3.05) is 19.8 Å². The predicted molar refractivity (Wildman–Crippen MR) is 136 cm³/mol. The Hall–Kier alpha value is -2.58. The second-order valence-corrected chi connectivity index (χ2v) is 8.27. The molecular weight excluding hydrogens is 444 g/mol. The van der Waals surface area contributed by atoms with E-state index in [1.54, 1.807) is 18.2 Å². The molecule has 0 radical (unpaired) electrons. The van der Waals surface area contributed by atoms with Gasteiger partial charge in [-0.1, -0.05) is 78.9 Å². The number of benzene rings is 2. The molecule has 35 heavy (non-hydrogen) atoms. The Balaban J connectivity index is 1.93. The minimum Gasteiger partial charge on any atom is -0.387 e. The third kappa shape index (κ3) is 7.70. The van der Waals surface area contributed by atoms with Gasteiger partial charge < -0.3 is 28.8 Å². The number of hydrogen-bond acceptors (Lipinski definition) is 6. The van der Waals surface area contributed by atoms with Crippen LogP contribution in [0.1, 0.15) is 11.1 Å². The molecular formula is C29H36O6. The van der Waals surface area contributed by atoms with Gasteiger partial charge in [-0.05, 0) is 11.1 Å². The SMILES string of the molecule is C=CCO[C@@H]1[C@H](OCc2ccccc2)[C@@H](OCc2ccccc2)[C@@H](OCC=C)[C@@H](O)[C@H]1OCC=C. The highest BCUT2D eigenvalue weighted by molar-refractivity contribution is 5.15. The second-order valence-electron chi connectivity index (χ2n) is 8.27. The Morgan fingerprint density at radius 1 is 0.543 bits per heavy atom. The topological polar surface area (TPSA) is 66.4 Å². The molecule has 6 nitrogen and oxygen atoms in total. The highest BCUT2D eigenvalue weighted by atomic mass is 16.6. The van der Waals surface area contributed by atoms with Crippen LogP contribution in [0.25, 0.3) is 0 Å². The third-order valence-electron chi connectivity index (χ3n) is 5.76.